The molecule has 0 aromatic heterocycles. The number of hydrogen-bond acceptors (Lipinski definition) is 4. The zero-order valence-corrected chi connectivity index (χ0v) is 10.8. The summed E-state index contributed by atoms with van der Waals surface area (Å²) in [5.74, 6) is 0.217. The molecule has 0 aliphatic carbocycles. The molecule has 0 bridgehead atoms. The molecular formula is C13H21N3O2. The van der Waals surface area contributed by atoms with Crippen LogP contribution in [0.1, 0.15) is 38.5 Å². The number of likely N-dealkylation sites (tertiary alicyclic amines) is 2. The van der Waals surface area contributed by atoms with Gasteiger partial charge in [-0.15, -0.1) is 0 Å². The summed E-state index contributed by atoms with van der Waals surface area (Å²) in [6.07, 6.45) is 6.23. The number of nitrogens with zero attached hydrogens (tertiary/aromatic N) is 3. The molecule has 3 heterocycles. The first kappa shape index (κ1) is 12.0. The van der Waals surface area contributed by atoms with Gasteiger partial charge < -0.3 is 9.74 Å². The van der Waals surface area contributed by atoms with E-state index < -0.39 is 0 Å². The van der Waals surface area contributed by atoms with E-state index in [2.05, 4.69) is 10.1 Å². The average molecular weight is 251 g/mol. The van der Waals surface area contributed by atoms with Crippen molar-refractivity contribution in [2.45, 2.75) is 44.8 Å². The number of piperidine rings is 1. The summed E-state index contributed by atoms with van der Waals surface area (Å²) in [6.45, 7) is 4.09. The summed E-state index contributed by atoms with van der Waals surface area (Å²) >= 11 is 0. The largest absolute Gasteiger partial charge is 0.370 e. The van der Waals surface area contributed by atoms with Crippen molar-refractivity contribution in [1.29, 1.82) is 0 Å². The minimum Gasteiger partial charge on any atom is -0.370 e. The van der Waals surface area contributed by atoms with Crippen molar-refractivity contribution in [2.75, 3.05) is 26.2 Å². The van der Waals surface area contributed by atoms with Crippen LogP contribution in [-0.2, 0) is 9.63 Å². The Morgan fingerprint density at radius 1 is 1.17 bits per heavy atom. The molecule has 3 aliphatic heterocycles. The Morgan fingerprint density at radius 3 is 2.72 bits per heavy atom. The number of carbonyl (C=O) groups excluding carboxylic acids is 1. The smallest absolute Gasteiger partial charge is 0.225 e. The van der Waals surface area contributed by atoms with E-state index in [9.17, 15) is 4.79 Å². The summed E-state index contributed by atoms with van der Waals surface area (Å²) in [5, 5.41) is 4.17. The van der Waals surface area contributed by atoms with Crippen LogP contribution in [-0.4, -0.2) is 53.8 Å². The van der Waals surface area contributed by atoms with Crippen LogP contribution in [0.2, 0.25) is 0 Å². The van der Waals surface area contributed by atoms with Crippen molar-refractivity contribution < 1.29 is 9.63 Å². The van der Waals surface area contributed by atoms with Gasteiger partial charge in [-0.2, -0.15) is 0 Å². The highest BCUT2D eigenvalue weighted by Gasteiger charge is 2.33. The topological polar surface area (TPSA) is 45.1 Å². The fourth-order valence-electron chi connectivity index (χ4n) is 3.02. The SMILES string of the molecule is O=C1CCCN1C1CC(CN2CCCCC2)=NO1. The molecule has 18 heavy (non-hydrogen) atoms. The van der Waals surface area contributed by atoms with Gasteiger partial charge in [0.2, 0.25) is 12.1 Å². The van der Waals surface area contributed by atoms with Crippen LogP contribution in [0.5, 0.6) is 0 Å². The van der Waals surface area contributed by atoms with Crippen LogP contribution in [0.15, 0.2) is 5.16 Å². The van der Waals surface area contributed by atoms with E-state index in [0.717, 1.165) is 31.6 Å². The Labute approximate surface area is 108 Å². The molecule has 2 fully saturated rings. The molecule has 0 spiro atoms. The first-order chi connectivity index (χ1) is 8.83. The molecule has 2 saturated heterocycles. The number of hydrogen-bond donors (Lipinski definition) is 0. The average Bonchev–Trinajstić information content (AvgIpc) is 2.99. The van der Waals surface area contributed by atoms with E-state index in [1.807, 2.05) is 4.90 Å². The lowest BCUT2D eigenvalue weighted by Crippen LogP contribution is -2.38. The second-order valence-electron chi connectivity index (χ2n) is 5.45. The van der Waals surface area contributed by atoms with E-state index >= 15 is 0 Å². The highest BCUT2D eigenvalue weighted by molar-refractivity contribution is 5.88. The number of carbonyl (C=O) groups is 1. The molecule has 3 aliphatic rings. The van der Waals surface area contributed by atoms with Crippen molar-refractivity contribution in [2.24, 2.45) is 5.16 Å². The highest BCUT2D eigenvalue weighted by atomic mass is 16.7. The van der Waals surface area contributed by atoms with E-state index in [0.29, 0.717) is 6.42 Å². The standard InChI is InChI=1S/C13H21N3O2/c17-12-5-4-8-16(12)13-9-11(14-18-13)10-15-6-2-1-3-7-15/h13H,1-10H2. The summed E-state index contributed by atoms with van der Waals surface area (Å²) in [6, 6.07) is 0. The van der Waals surface area contributed by atoms with E-state index in [-0.39, 0.29) is 12.1 Å². The molecule has 1 amide bonds. The summed E-state index contributed by atoms with van der Waals surface area (Å²) in [7, 11) is 0. The van der Waals surface area contributed by atoms with Gasteiger partial charge in [0.05, 0.1) is 5.71 Å². The Morgan fingerprint density at radius 2 is 2.00 bits per heavy atom. The zero-order chi connectivity index (χ0) is 12.4. The monoisotopic (exact) mass is 251 g/mol. The molecule has 100 valence electrons. The predicted molar refractivity (Wildman–Crippen MR) is 68.2 cm³/mol. The second kappa shape index (κ2) is 5.26. The van der Waals surface area contributed by atoms with Crippen molar-refractivity contribution >= 4 is 11.6 Å². The van der Waals surface area contributed by atoms with Gasteiger partial charge in [0, 0.05) is 25.9 Å². The zero-order valence-electron chi connectivity index (χ0n) is 10.8. The lowest BCUT2D eigenvalue weighted by Gasteiger charge is -2.26. The second-order valence-corrected chi connectivity index (χ2v) is 5.45. The molecule has 5 heteroatoms. The van der Waals surface area contributed by atoms with E-state index in [1.165, 1.54) is 32.4 Å². The number of oxime groups is 1. The Bertz CT molecular complexity index is 350. The summed E-state index contributed by atoms with van der Waals surface area (Å²) < 4.78 is 0. The minimum atomic E-state index is -0.125. The van der Waals surface area contributed by atoms with Crippen LogP contribution >= 0.6 is 0 Å². The normalized spacial score (nSPS) is 29.6. The summed E-state index contributed by atoms with van der Waals surface area (Å²) in [4.78, 5) is 21.4. The molecule has 0 saturated carbocycles. The van der Waals surface area contributed by atoms with Gasteiger partial charge in [-0.3, -0.25) is 9.69 Å². The van der Waals surface area contributed by atoms with Gasteiger partial charge in [0.15, 0.2) is 0 Å². The van der Waals surface area contributed by atoms with Crippen molar-refractivity contribution in [3.8, 4) is 0 Å². The van der Waals surface area contributed by atoms with Crippen LogP contribution < -0.4 is 0 Å². The molecule has 5 nitrogen and oxygen atoms in total. The Hall–Kier alpha value is -1.10. The third-order valence-corrected chi connectivity index (χ3v) is 4.03. The van der Waals surface area contributed by atoms with Crippen LogP contribution in [0.25, 0.3) is 0 Å². The molecule has 0 radical (unpaired) electrons. The van der Waals surface area contributed by atoms with Crippen molar-refractivity contribution in [1.82, 2.24) is 9.80 Å². The van der Waals surface area contributed by atoms with Gasteiger partial charge in [0.1, 0.15) is 0 Å². The van der Waals surface area contributed by atoms with E-state index in [4.69, 9.17) is 4.84 Å². The lowest BCUT2D eigenvalue weighted by molar-refractivity contribution is -0.138. The molecule has 1 unspecified atom stereocenters. The Kier molecular flexibility index (Phi) is 3.50. The molecule has 3 rings (SSSR count). The lowest BCUT2D eigenvalue weighted by atomic mass is 10.1. The van der Waals surface area contributed by atoms with Gasteiger partial charge in [-0.05, 0) is 32.4 Å². The first-order valence-electron chi connectivity index (χ1n) is 7.06. The fraction of sp³-hybridized carbons (Fsp3) is 0.846. The third kappa shape index (κ3) is 2.51. The first-order valence-corrected chi connectivity index (χ1v) is 7.06. The fourth-order valence-corrected chi connectivity index (χ4v) is 3.02. The minimum absolute atomic E-state index is 0.125. The molecular weight excluding hydrogens is 230 g/mol. The van der Waals surface area contributed by atoms with Crippen LogP contribution in [0.3, 0.4) is 0 Å². The number of rotatable bonds is 3. The van der Waals surface area contributed by atoms with Crippen LogP contribution in [0.4, 0.5) is 0 Å². The molecule has 0 aromatic rings. The van der Waals surface area contributed by atoms with Crippen molar-refractivity contribution in [3.63, 3.8) is 0 Å². The summed E-state index contributed by atoms with van der Waals surface area (Å²) in [5.41, 5.74) is 1.10. The third-order valence-electron chi connectivity index (χ3n) is 4.03. The van der Waals surface area contributed by atoms with Crippen LogP contribution in [0, 0.1) is 0 Å². The van der Waals surface area contributed by atoms with Gasteiger partial charge in [0.25, 0.3) is 0 Å². The maximum absolute atomic E-state index is 11.6. The molecule has 0 aromatic carbocycles. The maximum atomic E-state index is 11.6. The highest BCUT2D eigenvalue weighted by Crippen LogP contribution is 2.22. The number of amides is 1. The van der Waals surface area contributed by atoms with Gasteiger partial charge in [-0.25, -0.2) is 0 Å². The quantitative estimate of drug-likeness (QED) is 0.757. The maximum Gasteiger partial charge on any atom is 0.225 e. The molecule has 0 N–H and O–H groups in total. The van der Waals surface area contributed by atoms with Gasteiger partial charge in [-0.1, -0.05) is 11.6 Å². The molecule has 1 atom stereocenters. The predicted octanol–water partition coefficient (Wildman–Crippen LogP) is 1.20. The van der Waals surface area contributed by atoms with E-state index in [1.54, 1.807) is 0 Å². The van der Waals surface area contributed by atoms with Gasteiger partial charge >= 0.3 is 0 Å². The van der Waals surface area contributed by atoms with Crippen molar-refractivity contribution in [3.05, 3.63) is 0 Å². The Balaban J connectivity index is 1.49.